The first-order valence-electron chi connectivity index (χ1n) is 6.96. The highest BCUT2D eigenvalue weighted by Gasteiger charge is 2.26. The number of amidine groups is 1. The summed E-state index contributed by atoms with van der Waals surface area (Å²) in [6.07, 6.45) is 0. The molecule has 5 nitrogen and oxygen atoms in total. The maximum atomic E-state index is 8.79. The van der Waals surface area contributed by atoms with Crippen molar-refractivity contribution in [3.63, 3.8) is 0 Å². The number of thioether (sulfide) groups is 1. The smallest absolute Gasteiger partial charge is 0.173 e. The fraction of sp³-hybridized carbons (Fsp3) is 0.533. The van der Waals surface area contributed by atoms with E-state index in [0.29, 0.717) is 16.1 Å². The topological polar surface area (TPSA) is 71.1 Å². The molecule has 3 N–H and O–H groups in total. The Balaban J connectivity index is 2.14. The highest BCUT2D eigenvalue weighted by atomic mass is 32.2. The third kappa shape index (κ3) is 4.04. The van der Waals surface area contributed by atoms with Gasteiger partial charge in [0.25, 0.3) is 0 Å². The molecule has 0 atom stereocenters. The van der Waals surface area contributed by atoms with E-state index >= 15 is 0 Å². The third-order valence-corrected chi connectivity index (χ3v) is 4.86. The summed E-state index contributed by atoms with van der Waals surface area (Å²) in [5.41, 5.74) is 7.43. The molecule has 1 fully saturated rings. The highest BCUT2D eigenvalue weighted by Crippen LogP contribution is 2.30. The van der Waals surface area contributed by atoms with Gasteiger partial charge < -0.3 is 15.7 Å². The maximum Gasteiger partial charge on any atom is 0.173 e. The summed E-state index contributed by atoms with van der Waals surface area (Å²) in [5.74, 6) is 1.86. The standard InChI is InChI=1S/C15H23N3O2S/c1-15(2)10-18(6-7-21-15)9-11-4-5-12(14(16)17-19)13(8-11)20-3/h4-5,8,19H,6-7,9-10H2,1-3H3,(H2,16,17). The van der Waals surface area contributed by atoms with Crippen LogP contribution in [0.15, 0.2) is 23.4 Å². The van der Waals surface area contributed by atoms with Crippen molar-refractivity contribution in [2.75, 3.05) is 26.0 Å². The molecule has 1 saturated heterocycles. The van der Waals surface area contributed by atoms with E-state index in [1.807, 2.05) is 30.0 Å². The van der Waals surface area contributed by atoms with Gasteiger partial charge >= 0.3 is 0 Å². The highest BCUT2D eigenvalue weighted by molar-refractivity contribution is 8.00. The van der Waals surface area contributed by atoms with Crippen LogP contribution in [0.2, 0.25) is 0 Å². The van der Waals surface area contributed by atoms with E-state index in [-0.39, 0.29) is 5.84 Å². The van der Waals surface area contributed by atoms with E-state index in [2.05, 4.69) is 23.9 Å². The fourth-order valence-corrected chi connectivity index (χ4v) is 3.78. The molecule has 0 radical (unpaired) electrons. The van der Waals surface area contributed by atoms with Crippen LogP contribution in [0.5, 0.6) is 5.75 Å². The van der Waals surface area contributed by atoms with E-state index in [9.17, 15) is 0 Å². The minimum absolute atomic E-state index is 0.0638. The summed E-state index contributed by atoms with van der Waals surface area (Å²) in [4.78, 5) is 2.45. The second-order valence-corrected chi connectivity index (χ2v) is 7.64. The molecule has 6 heteroatoms. The van der Waals surface area contributed by atoms with Gasteiger partial charge in [0.2, 0.25) is 0 Å². The van der Waals surface area contributed by atoms with E-state index in [1.165, 1.54) is 5.56 Å². The molecule has 1 aromatic rings. The zero-order valence-corrected chi connectivity index (χ0v) is 13.6. The number of rotatable bonds is 4. The lowest BCUT2D eigenvalue weighted by Gasteiger charge is -2.37. The number of hydrogen-bond acceptors (Lipinski definition) is 5. The number of nitrogens with zero attached hydrogens (tertiary/aromatic N) is 2. The van der Waals surface area contributed by atoms with Crippen molar-refractivity contribution in [2.24, 2.45) is 10.9 Å². The quantitative estimate of drug-likeness (QED) is 0.386. The van der Waals surface area contributed by atoms with Crippen molar-refractivity contribution in [2.45, 2.75) is 25.1 Å². The molecule has 1 heterocycles. The molecular weight excluding hydrogens is 286 g/mol. The Morgan fingerprint density at radius 1 is 1.52 bits per heavy atom. The normalized spacial score (nSPS) is 19.5. The molecule has 0 saturated carbocycles. The molecular formula is C15H23N3O2S. The Hall–Kier alpha value is -1.40. The maximum absolute atomic E-state index is 8.79. The Labute approximate surface area is 130 Å². The van der Waals surface area contributed by atoms with Gasteiger partial charge in [-0.25, -0.2) is 0 Å². The summed E-state index contributed by atoms with van der Waals surface area (Å²) in [6, 6.07) is 5.81. The van der Waals surface area contributed by atoms with Crippen LogP contribution >= 0.6 is 11.8 Å². The van der Waals surface area contributed by atoms with Gasteiger partial charge in [0.05, 0.1) is 12.7 Å². The lowest BCUT2D eigenvalue weighted by molar-refractivity contribution is 0.252. The number of benzene rings is 1. The Bertz CT molecular complexity index is 532. The number of methoxy groups -OCH3 is 1. The zero-order chi connectivity index (χ0) is 15.5. The van der Waals surface area contributed by atoms with E-state index in [4.69, 9.17) is 15.7 Å². The molecule has 1 aliphatic rings. The molecule has 2 rings (SSSR count). The molecule has 0 aliphatic carbocycles. The number of nitrogens with two attached hydrogens (primary N) is 1. The van der Waals surface area contributed by atoms with Gasteiger partial charge in [-0.15, -0.1) is 0 Å². The summed E-state index contributed by atoms with van der Waals surface area (Å²) in [7, 11) is 1.59. The second-order valence-electron chi connectivity index (χ2n) is 5.84. The molecule has 1 aliphatic heterocycles. The molecule has 0 bridgehead atoms. The van der Waals surface area contributed by atoms with Gasteiger partial charge in [-0.2, -0.15) is 11.8 Å². The van der Waals surface area contributed by atoms with Crippen LogP contribution < -0.4 is 10.5 Å². The van der Waals surface area contributed by atoms with Crippen LogP contribution in [0, 0.1) is 0 Å². The molecule has 0 unspecified atom stereocenters. The molecule has 21 heavy (non-hydrogen) atoms. The average molecular weight is 309 g/mol. The Morgan fingerprint density at radius 3 is 2.90 bits per heavy atom. The summed E-state index contributed by atoms with van der Waals surface area (Å²) in [5, 5.41) is 11.8. The molecule has 116 valence electrons. The minimum Gasteiger partial charge on any atom is -0.496 e. The van der Waals surface area contributed by atoms with Crippen LogP contribution in [-0.2, 0) is 6.54 Å². The van der Waals surface area contributed by atoms with Gasteiger partial charge in [-0.3, -0.25) is 4.90 Å². The SMILES string of the molecule is COc1cc(CN2CCSC(C)(C)C2)ccc1/C(N)=N/O. The molecule has 0 amide bonds. The monoisotopic (exact) mass is 309 g/mol. The van der Waals surface area contributed by atoms with E-state index in [0.717, 1.165) is 25.4 Å². The predicted molar refractivity (Wildman–Crippen MR) is 87.3 cm³/mol. The Morgan fingerprint density at radius 2 is 2.29 bits per heavy atom. The first-order valence-corrected chi connectivity index (χ1v) is 7.95. The van der Waals surface area contributed by atoms with Gasteiger partial charge in [0.1, 0.15) is 5.75 Å². The van der Waals surface area contributed by atoms with Crippen molar-refractivity contribution in [1.82, 2.24) is 4.90 Å². The van der Waals surface area contributed by atoms with E-state index in [1.54, 1.807) is 7.11 Å². The molecule has 1 aromatic carbocycles. The van der Waals surface area contributed by atoms with E-state index < -0.39 is 0 Å². The summed E-state index contributed by atoms with van der Waals surface area (Å²) < 4.78 is 5.65. The number of oxime groups is 1. The number of ether oxygens (including phenoxy) is 1. The van der Waals surface area contributed by atoms with Crippen LogP contribution in [0.25, 0.3) is 0 Å². The lowest BCUT2D eigenvalue weighted by atomic mass is 10.1. The first kappa shape index (κ1) is 16.0. The molecule has 0 spiro atoms. The van der Waals surface area contributed by atoms with Gasteiger partial charge in [-0.05, 0) is 31.5 Å². The zero-order valence-electron chi connectivity index (χ0n) is 12.8. The lowest BCUT2D eigenvalue weighted by Crippen LogP contribution is -2.42. The van der Waals surface area contributed by atoms with Crippen LogP contribution in [-0.4, -0.2) is 46.6 Å². The summed E-state index contributed by atoms with van der Waals surface area (Å²) in [6.45, 7) is 7.62. The second kappa shape index (κ2) is 6.58. The molecule has 0 aromatic heterocycles. The van der Waals surface area contributed by atoms with Crippen molar-refractivity contribution in [3.8, 4) is 5.75 Å². The Kier molecular flexibility index (Phi) is 5.00. The number of hydrogen-bond donors (Lipinski definition) is 2. The van der Waals surface area contributed by atoms with Gasteiger partial charge in [0.15, 0.2) is 5.84 Å². The largest absolute Gasteiger partial charge is 0.496 e. The van der Waals surface area contributed by atoms with Crippen LogP contribution in [0.1, 0.15) is 25.0 Å². The van der Waals surface area contributed by atoms with Crippen LogP contribution in [0.4, 0.5) is 0 Å². The van der Waals surface area contributed by atoms with Crippen molar-refractivity contribution in [3.05, 3.63) is 29.3 Å². The van der Waals surface area contributed by atoms with Crippen molar-refractivity contribution >= 4 is 17.6 Å². The van der Waals surface area contributed by atoms with Gasteiger partial charge in [-0.1, -0.05) is 11.2 Å². The van der Waals surface area contributed by atoms with Crippen molar-refractivity contribution in [1.29, 1.82) is 0 Å². The minimum atomic E-state index is 0.0638. The predicted octanol–water partition coefficient (Wildman–Crippen LogP) is 2.12. The first-order chi connectivity index (χ1) is 9.95. The average Bonchev–Trinajstić information content (AvgIpc) is 2.45. The van der Waals surface area contributed by atoms with Crippen LogP contribution in [0.3, 0.4) is 0 Å². The fourth-order valence-electron chi connectivity index (χ4n) is 2.61. The van der Waals surface area contributed by atoms with Gasteiger partial charge in [0, 0.05) is 30.1 Å². The third-order valence-electron chi connectivity index (χ3n) is 3.56. The van der Waals surface area contributed by atoms with Crippen molar-refractivity contribution < 1.29 is 9.94 Å². The summed E-state index contributed by atoms with van der Waals surface area (Å²) >= 11 is 2.03.